The van der Waals surface area contributed by atoms with Crippen molar-refractivity contribution in [3.63, 3.8) is 0 Å². The van der Waals surface area contributed by atoms with Gasteiger partial charge in [0.1, 0.15) is 11.9 Å². The Balaban J connectivity index is 1.60. The molecule has 1 atom stereocenters. The number of aromatic nitrogens is 5. The predicted octanol–water partition coefficient (Wildman–Crippen LogP) is 3.59. The van der Waals surface area contributed by atoms with Crippen LogP contribution in [0.4, 0.5) is 4.39 Å². The second kappa shape index (κ2) is 8.63. The molecule has 5 rings (SSSR count). The highest BCUT2D eigenvalue weighted by atomic mass is 19.1. The van der Waals surface area contributed by atoms with E-state index in [1.807, 2.05) is 31.2 Å². The van der Waals surface area contributed by atoms with Crippen LogP contribution in [-0.4, -0.2) is 43.2 Å². The SMILES string of the molecule is Cc1ccc2cc([C@H](c3nnnn3Cc3ccc(F)cc3)N3CCCCC3)c(=O)[nH]c2c1. The molecule has 2 aromatic carbocycles. The summed E-state index contributed by atoms with van der Waals surface area (Å²) in [6.07, 6.45) is 3.32. The molecule has 0 spiro atoms. The average molecular weight is 433 g/mol. The summed E-state index contributed by atoms with van der Waals surface area (Å²) in [6.45, 7) is 4.16. The highest BCUT2D eigenvalue weighted by Gasteiger charge is 2.31. The normalized spacial score (nSPS) is 15.8. The smallest absolute Gasteiger partial charge is 0.253 e. The molecule has 1 saturated heterocycles. The minimum absolute atomic E-state index is 0.130. The van der Waals surface area contributed by atoms with Gasteiger partial charge in [0, 0.05) is 11.1 Å². The third kappa shape index (κ3) is 4.05. The van der Waals surface area contributed by atoms with Gasteiger partial charge in [-0.2, -0.15) is 0 Å². The van der Waals surface area contributed by atoms with Gasteiger partial charge in [0.25, 0.3) is 5.56 Å². The van der Waals surface area contributed by atoms with Gasteiger partial charge in [-0.05, 0) is 84.1 Å². The van der Waals surface area contributed by atoms with E-state index in [1.54, 1.807) is 16.8 Å². The lowest BCUT2D eigenvalue weighted by Gasteiger charge is -2.33. The molecule has 1 N–H and O–H groups in total. The summed E-state index contributed by atoms with van der Waals surface area (Å²) in [6, 6.07) is 14.0. The number of hydrogen-bond acceptors (Lipinski definition) is 5. The van der Waals surface area contributed by atoms with E-state index in [2.05, 4.69) is 25.4 Å². The zero-order chi connectivity index (χ0) is 22.1. The number of halogens is 1. The Morgan fingerprint density at radius 1 is 1.06 bits per heavy atom. The van der Waals surface area contributed by atoms with Crippen LogP contribution >= 0.6 is 0 Å². The Bertz CT molecular complexity index is 1290. The van der Waals surface area contributed by atoms with Crippen molar-refractivity contribution in [2.24, 2.45) is 0 Å². The number of fused-ring (bicyclic) bond motifs is 1. The predicted molar refractivity (Wildman–Crippen MR) is 120 cm³/mol. The molecule has 0 bridgehead atoms. The number of benzene rings is 2. The molecule has 0 unspecified atom stereocenters. The third-order valence-electron chi connectivity index (χ3n) is 6.13. The summed E-state index contributed by atoms with van der Waals surface area (Å²) >= 11 is 0. The standard InChI is InChI=1S/C24H25FN6O/c1-16-5-8-18-14-20(24(32)26-21(18)13-16)22(30-11-3-2-4-12-30)23-27-28-29-31(23)15-17-6-9-19(25)10-7-17/h5-10,13-14,22H,2-4,11-12,15H2,1H3,(H,26,32)/t22-/m1/s1. The number of piperidine rings is 1. The molecule has 32 heavy (non-hydrogen) atoms. The number of pyridine rings is 1. The summed E-state index contributed by atoms with van der Waals surface area (Å²) in [7, 11) is 0. The van der Waals surface area contributed by atoms with Crippen LogP contribution in [0.25, 0.3) is 10.9 Å². The number of likely N-dealkylation sites (tertiary alicyclic amines) is 1. The van der Waals surface area contributed by atoms with Crippen molar-refractivity contribution in [2.45, 2.75) is 38.8 Å². The Labute approximate surface area is 184 Å². The summed E-state index contributed by atoms with van der Waals surface area (Å²) in [5, 5.41) is 13.5. The first-order valence-corrected chi connectivity index (χ1v) is 11.0. The molecule has 7 nitrogen and oxygen atoms in total. The summed E-state index contributed by atoms with van der Waals surface area (Å²) in [5.74, 6) is 0.336. The van der Waals surface area contributed by atoms with Crippen LogP contribution in [0, 0.1) is 12.7 Å². The summed E-state index contributed by atoms with van der Waals surface area (Å²) in [4.78, 5) is 18.6. The maximum atomic E-state index is 13.3. The van der Waals surface area contributed by atoms with Gasteiger partial charge in [0.05, 0.1) is 6.54 Å². The van der Waals surface area contributed by atoms with Crippen LogP contribution < -0.4 is 5.56 Å². The number of rotatable bonds is 5. The first-order valence-electron chi connectivity index (χ1n) is 11.0. The number of nitrogens with zero attached hydrogens (tertiary/aromatic N) is 5. The van der Waals surface area contributed by atoms with Gasteiger partial charge >= 0.3 is 0 Å². The van der Waals surface area contributed by atoms with Crippen molar-refractivity contribution in [2.75, 3.05) is 13.1 Å². The fourth-order valence-corrected chi connectivity index (χ4v) is 4.49. The zero-order valence-corrected chi connectivity index (χ0v) is 18.0. The van der Waals surface area contributed by atoms with Gasteiger partial charge in [-0.25, -0.2) is 9.07 Å². The maximum Gasteiger partial charge on any atom is 0.253 e. The molecule has 0 radical (unpaired) electrons. The fraction of sp³-hybridized carbons (Fsp3) is 0.333. The van der Waals surface area contributed by atoms with E-state index in [1.165, 1.54) is 18.6 Å². The topological polar surface area (TPSA) is 79.7 Å². The Kier molecular flexibility index (Phi) is 5.53. The Hall–Kier alpha value is -3.39. The molecular formula is C24H25FN6O. The molecule has 2 aromatic heterocycles. The van der Waals surface area contributed by atoms with Crippen molar-refractivity contribution in [3.05, 3.63) is 87.2 Å². The van der Waals surface area contributed by atoms with Gasteiger partial charge in [0.15, 0.2) is 5.82 Å². The molecular weight excluding hydrogens is 407 g/mol. The summed E-state index contributed by atoms with van der Waals surface area (Å²) in [5.41, 5.74) is 3.31. The van der Waals surface area contributed by atoms with Crippen molar-refractivity contribution in [3.8, 4) is 0 Å². The van der Waals surface area contributed by atoms with Gasteiger partial charge < -0.3 is 4.98 Å². The highest BCUT2D eigenvalue weighted by molar-refractivity contribution is 5.79. The second-order valence-corrected chi connectivity index (χ2v) is 8.46. The first kappa shape index (κ1) is 20.5. The lowest BCUT2D eigenvalue weighted by atomic mass is 10.00. The van der Waals surface area contributed by atoms with Crippen LogP contribution in [0.5, 0.6) is 0 Å². The lowest BCUT2D eigenvalue weighted by Crippen LogP contribution is -2.38. The molecule has 0 saturated carbocycles. The zero-order valence-electron chi connectivity index (χ0n) is 18.0. The third-order valence-corrected chi connectivity index (χ3v) is 6.13. The highest BCUT2D eigenvalue weighted by Crippen LogP contribution is 2.29. The van der Waals surface area contributed by atoms with E-state index < -0.39 is 0 Å². The monoisotopic (exact) mass is 432 g/mol. The van der Waals surface area contributed by atoms with Gasteiger partial charge in [-0.3, -0.25) is 9.69 Å². The van der Waals surface area contributed by atoms with Crippen LogP contribution in [0.15, 0.2) is 53.3 Å². The molecule has 1 fully saturated rings. The van der Waals surface area contributed by atoms with E-state index in [9.17, 15) is 9.18 Å². The van der Waals surface area contributed by atoms with Crippen LogP contribution in [0.1, 0.15) is 47.8 Å². The summed E-state index contributed by atoms with van der Waals surface area (Å²) < 4.78 is 15.1. The maximum absolute atomic E-state index is 13.3. The lowest BCUT2D eigenvalue weighted by molar-refractivity contribution is 0.177. The molecule has 164 valence electrons. The van der Waals surface area contributed by atoms with E-state index in [-0.39, 0.29) is 17.4 Å². The second-order valence-electron chi connectivity index (χ2n) is 8.46. The Morgan fingerprint density at radius 2 is 1.84 bits per heavy atom. The molecule has 4 aromatic rings. The largest absolute Gasteiger partial charge is 0.322 e. The minimum atomic E-state index is -0.361. The molecule has 3 heterocycles. The molecule has 8 heteroatoms. The van der Waals surface area contributed by atoms with Gasteiger partial charge in [-0.1, -0.05) is 30.7 Å². The minimum Gasteiger partial charge on any atom is -0.322 e. The number of H-pyrrole nitrogens is 1. The van der Waals surface area contributed by atoms with Crippen molar-refractivity contribution in [1.82, 2.24) is 30.1 Å². The molecule has 1 aliphatic rings. The van der Waals surface area contributed by atoms with Crippen LogP contribution in [0.3, 0.4) is 0 Å². The van der Waals surface area contributed by atoms with Crippen LogP contribution in [-0.2, 0) is 6.54 Å². The molecule has 0 amide bonds. The quantitative estimate of drug-likeness (QED) is 0.521. The molecule has 0 aliphatic carbocycles. The number of aryl methyl sites for hydroxylation is 1. The van der Waals surface area contributed by atoms with Crippen molar-refractivity contribution >= 4 is 10.9 Å². The molecule has 1 aliphatic heterocycles. The van der Waals surface area contributed by atoms with E-state index in [0.29, 0.717) is 17.9 Å². The van der Waals surface area contributed by atoms with Gasteiger partial charge in [0.2, 0.25) is 0 Å². The van der Waals surface area contributed by atoms with E-state index in [0.717, 1.165) is 48.0 Å². The first-order chi connectivity index (χ1) is 15.6. The van der Waals surface area contributed by atoms with E-state index in [4.69, 9.17) is 0 Å². The average Bonchev–Trinajstić information content (AvgIpc) is 3.24. The van der Waals surface area contributed by atoms with E-state index >= 15 is 0 Å². The van der Waals surface area contributed by atoms with Crippen molar-refractivity contribution in [1.29, 1.82) is 0 Å². The van der Waals surface area contributed by atoms with Gasteiger partial charge in [-0.15, -0.1) is 5.10 Å². The van der Waals surface area contributed by atoms with Crippen LogP contribution in [0.2, 0.25) is 0 Å². The van der Waals surface area contributed by atoms with Crippen molar-refractivity contribution < 1.29 is 4.39 Å². The number of aromatic amines is 1. The Morgan fingerprint density at radius 3 is 2.62 bits per heavy atom. The number of tetrazole rings is 1. The number of nitrogens with one attached hydrogen (secondary N) is 1. The fourth-order valence-electron chi connectivity index (χ4n) is 4.49. The number of hydrogen-bond donors (Lipinski definition) is 1.